The molecular formula is C47H78N8O19S. The molecule has 6 amide bonds. The predicted molar refractivity (Wildman–Crippen MR) is 262 cm³/mol. The Hall–Kier alpha value is -3.56. The largest absolute Gasteiger partial charge is 0.388 e. The van der Waals surface area contributed by atoms with E-state index in [0.717, 1.165) is 51.6 Å². The number of hydrogen-bond acceptors (Lipinski definition) is 23. The van der Waals surface area contributed by atoms with Gasteiger partial charge < -0.3 is 90.2 Å². The summed E-state index contributed by atoms with van der Waals surface area (Å²) < 4.78 is 44.2. The zero-order chi connectivity index (χ0) is 53.7. The SMILES string of the molecule is CC(=O)CSC1CC(=O)N(CCN2CC(NCCCCCCCCOCC(=O)NCC3OC4OCC(=O)N[C@@H]4[C@@H](O)[C@H]3O)C(NCCOCCOCCOCC(=O)NCC3OC4OCC(=O)N[C@@H]4[C@@H](O)[C@H]3O)C2)C1=O. The number of nitrogens with one attached hydrogen (secondary N) is 6. The van der Waals surface area contributed by atoms with Crippen LogP contribution in [0.3, 0.4) is 0 Å². The van der Waals surface area contributed by atoms with Crippen LogP contribution in [0, 0.1) is 0 Å². The quantitative estimate of drug-likeness (QED) is 0.0212. The maximum Gasteiger partial charge on any atom is 0.246 e. The van der Waals surface area contributed by atoms with Gasteiger partial charge in [-0.15, -0.1) is 11.8 Å². The molecule has 13 atom stereocenters. The molecule has 0 aromatic heterocycles. The Morgan fingerprint density at radius 3 is 1.72 bits per heavy atom. The first-order valence-corrected chi connectivity index (χ1v) is 27.1. The van der Waals surface area contributed by atoms with E-state index in [1.807, 2.05) is 0 Å². The van der Waals surface area contributed by atoms with Gasteiger partial charge in [0.05, 0.1) is 44.0 Å². The molecule has 0 saturated carbocycles. The van der Waals surface area contributed by atoms with Gasteiger partial charge in [-0.25, -0.2) is 0 Å². The van der Waals surface area contributed by atoms with Crippen LogP contribution in [0.15, 0.2) is 0 Å². The van der Waals surface area contributed by atoms with Crippen LogP contribution in [0.2, 0.25) is 0 Å². The number of aliphatic hydroxyl groups excluding tert-OH is 4. The highest BCUT2D eigenvalue weighted by atomic mass is 32.2. The zero-order valence-electron chi connectivity index (χ0n) is 42.6. The summed E-state index contributed by atoms with van der Waals surface area (Å²) in [7, 11) is 0. The number of thioether (sulfide) groups is 1. The van der Waals surface area contributed by atoms with Crippen molar-refractivity contribution >= 4 is 53.0 Å². The Labute approximate surface area is 440 Å². The fourth-order valence-electron chi connectivity index (χ4n) is 9.46. The summed E-state index contributed by atoms with van der Waals surface area (Å²) in [6.07, 6.45) is -3.15. The van der Waals surface area contributed by atoms with Crippen LogP contribution in [0.1, 0.15) is 51.9 Å². The van der Waals surface area contributed by atoms with Crippen LogP contribution in [0.25, 0.3) is 0 Å². The predicted octanol–water partition coefficient (Wildman–Crippen LogP) is -5.77. The maximum atomic E-state index is 13.0. The summed E-state index contributed by atoms with van der Waals surface area (Å²) >= 11 is 1.22. The summed E-state index contributed by atoms with van der Waals surface area (Å²) in [4.78, 5) is 88.5. The van der Waals surface area contributed by atoms with E-state index in [0.29, 0.717) is 46.1 Å². The van der Waals surface area contributed by atoms with Crippen LogP contribution in [0.4, 0.5) is 0 Å². The lowest BCUT2D eigenvalue weighted by molar-refractivity contribution is -0.271. The molecule has 6 saturated heterocycles. The minimum atomic E-state index is -1.35. The second-order valence-corrected chi connectivity index (χ2v) is 20.6. The number of ketones is 1. The summed E-state index contributed by atoms with van der Waals surface area (Å²) in [6.45, 7) is 5.97. The van der Waals surface area contributed by atoms with E-state index in [9.17, 15) is 54.0 Å². The van der Waals surface area contributed by atoms with Gasteiger partial charge in [-0.3, -0.25) is 43.4 Å². The normalized spacial score (nSPS) is 30.9. The summed E-state index contributed by atoms with van der Waals surface area (Å²) in [6, 6.07) is -1.60. The molecule has 0 spiro atoms. The molecule has 0 aliphatic carbocycles. The van der Waals surface area contributed by atoms with Crippen molar-refractivity contribution in [1.29, 1.82) is 0 Å². The van der Waals surface area contributed by atoms with Gasteiger partial charge in [0.25, 0.3) is 0 Å². The van der Waals surface area contributed by atoms with Crippen molar-refractivity contribution in [2.75, 3.05) is 124 Å². The summed E-state index contributed by atoms with van der Waals surface area (Å²) in [5.74, 6) is -1.97. The molecule has 6 aliphatic rings. The molecule has 0 aromatic rings. The highest BCUT2D eigenvalue weighted by Crippen LogP contribution is 2.27. The number of unbranched alkanes of at least 4 members (excludes halogenated alkanes) is 5. The lowest BCUT2D eigenvalue weighted by Crippen LogP contribution is -2.68. The van der Waals surface area contributed by atoms with Gasteiger partial charge >= 0.3 is 0 Å². The molecule has 0 aromatic carbocycles. The lowest BCUT2D eigenvalue weighted by Gasteiger charge is -2.44. The molecule has 0 radical (unpaired) electrons. The molecular weight excluding hydrogens is 1010 g/mol. The van der Waals surface area contributed by atoms with Crippen molar-refractivity contribution < 1.29 is 91.9 Å². The Bertz CT molecular complexity index is 1760. The number of carbonyl (C=O) groups excluding carboxylic acids is 7. The van der Waals surface area contributed by atoms with Crippen LogP contribution in [-0.2, 0) is 71.5 Å². The molecule has 10 N–H and O–H groups in total. The van der Waals surface area contributed by atoms with Crippen LogP contribution >= 0.6 is 11.8 Å². The number of rotatable bonds is 34. The number of Topliss-reactive ketones (excluding diaryl/α,β-unsaturated/α-hetero) is 1. The number of imide groups is 1. The number of ether oxygens (including phenoxy) is 8. The summed E-state index contributed by atoms with van der Waals surface area (Å²) in [5.41, 5.74) is 0. The fraction of sp³-hybridized carbons (Fsp3) is 0.851. The molecule has 0 bridgehead atoms. The van der Waals surface area contributed by atoms with E-state index >= 15 is 0 Å². The molecule has 6 fully saturated rings. The highest BCUT2D eigenvalue weighted by molar-refractivity contribution is 8.01. The first-order valence-electron chi connectivity index (χ1n) is 26.0. The number of amides is 6. The lowest BCUT2D eigenvalue weighted by atomic mass is 9.96. The molecule has 426 valence electrons. The Morgan fingerprint density at radius 1 is 0.640 bits per heavy atom. The molecule has 28 heteroatoms. The number of fused-ring (bicyclic) bond motifs is 2. The second-order valence-electron chi connectivity index (χ2n) is 19.4. The van der Waals surface area contributed by atoms with Crippen molar-refractivity contribution in [3.63, 3.8) is 0 Å². The molecule has 7 unspecified atom stereocenters. The Morgan fingerprint density at radius 2 is 1.15 bits per heavy atom. The van der Waals surface area contributed by atoms with E-state index in [1.165, 1.54) is 23.6 Å². The van der Waals surface area contributed by atoms with Crippen LogP contribution in [-0.4, -0.2) is 274 Å². The number of hydrogen-bond donors (Lipinski definition) is 10. The van der Waals surface area contributed by atoms with Gasteiger partial charge in [-0.05, 0) is 26.3 Å². The smallest absolute Gasteiger partial charge is 0.246 e. The third kappa shape index (κ3) is 19.4. The van der Waals surface area contributed by atoms with Crippen LogP contribution < -0.4 is 31.9 Å². The van der Waals surface area contributed by atoms with Crippen molar-refractivity contribution in [3.8, 4) is 0 Å². The number of carbonyl (C=O) groups is 7. The maximum absolute atomic E-state index is 13.0. The van der Waals surface area contributed by atoms with E-state index in [2.05, 4.69) is 36.8 Å². The van der Waals surface area contributed by atoms with E-state index in [4.69, 9.17) is 37.9 Å². The third-order valence-corrected chi connectivity index (χ3v) is 14.9. The van der Waals surface area contributed by atoms with Crippen molar-refractivity contribution in [1.82, 2.24) is 41.7 Å². The Balaban J connectivity index is 0.789. The van der Waals surface area contributed by atoms with Crippen molar-refractivity contribution in [2.24, 2.45) is 0 Å². The van der Waals surface area contributed by atoms with Gasteiger partial charge in [0.15, 0.2) is 12.6 Å². The molecule has 75 heavy (non-hydrogen) atoms. The van der Waals surface area contributed by atoms with Gasteiger partial charge in [0.2, 0.25) is 35.4 Å². The minimum Gasteiger partial charge on any atom is -0.388 e. The van der Waals surface area contributed by atoms with Gasteiger partial charge in [0, 0.05) is 70.9 Å². The monoisotopic (exact) mass is 1090 g/mol. The van der Waals surface area contributed by atoms with Gasteiger partial charge in [-0.2, -0.15) is 0 Å². The molecule has 27 nitrogen and oxygen atoms in total. The number of aliphatic hydroxyl groups is 4. The summed E-state index contributed by atoms with van der Waals surface area (Å²) in [5, 5.41) is 58.7. The fourth-order valence-corrected chi connectivity index (χ4v) is 10.4. The minimum absolute atomic E-state index is 0.0379. The standard InChI is InChI=1S/C47H78N8O19S/c1-28(56)27-75-33-18-38(61)55(45(33)66)11-10-54-21-29(48-8-6-4-2-3-5-7-12-69-23-34(57)50-19-31-41(62)43(64)39-46(73-31)71-25-36(59)52-39)30(22-54)49-9-13-67-14-15-68-16-17-70-24-35(58)51-20-32-42(63)44(65)40-47(74-32)72-26-37(60)53-40/h29-33,39-44,46-49,62-65H,2-27H2,1H3,(H,50,57)(H,51,58)(H,52,59)(H,53,60)/t29?,30?,31?,32?,33?,39-,40-,41+,42+,43-,44-,46?,47?/m1/s1. The zero-order valence-corrected chi connectivity index (χ0v) is 43.4. The highest BCUT2D eigenvalue weighted by Gasteiger charge is 2.49. The number of morpholine rings is 2. The van der Waals surface area contributed by atoms with Crippen molar-refractivity contribution in [3.05, 3.63) is 0 Å². The van der Waals surface area contributed by atoms with E-state index < -0.39 is 84.3 Å². The van der Waals surface area contributed by atoms with Gasteiger partial charge in [-0.1, -0.05) is 25.7 Å². The molecule has 6 heterocycles. The van der Waals surface area contributed by atoms with Gasteiger partial charge in [0.1, 0.15) is 80.9 Å². The topological polar surface area (TPSA) is 353 Å². The number of likely N-dealkylation sites (tertiary alicyclic amines) is 2. The molecule has 6 rings (SSSR count). The molecule has 6 aliphatic heterocycles. The Kier molecular flexibility index (Phi) is 25.7. The average molecular weight is 1090 g/mol. The third-order valence-electron chi connectivity index (χ3n) is 13.5. The first kappa shape index (κ1) is 60.7. The first-order chi connectivity index (χ1) is 36.2. The van der Waals surface area contributed by atoms with E-state index in [-0.39, 0.29) is 107 Å². The van der Waals surface area contributed by atoms with Crippen LogP contribution in [0.5, 0.6) is 0 Å². The average Bonchev–Trinajstić information content (AvgIpc) is 3.91. The second kappa shape index (κ2) is 31.7. The van der Waals surface area contributed by atoms with Crippen molar-refractivity contribution in [2.45, 2.75) is 130 Å². The van der Waals surface area contributed by atoms with E-state index in [1.54, 1.807) is 0 Å². The number of nitrogens with zero attached hydrogens (tertiary/aromatic N) is 2.